The van der Waals surface area contributed by atoms with Crippen LogP contribution >= 0.6 is 11.3 Å². The van der Waals surface area contributed by atoms with Gasteiger partial charge in [0.05, 0.1) is 17.6 Å². The Kier molecular flexibility index (Phi) is 2.58. The SMILES string of the molecule is NCc1cnc2scc(-c3ccc4ccccc4c3)n12. The van der Waals surface area contributed by atoms with Gasteiger partial charge < -0.3 is 5.73 Å². The lowest BCUT2D eigenvalue weighted by atomic mass is 10.1. The molecule has 2 aromatic carbocycles. The van der Waals surface area contributed by atoms with E-state index in [1.54, 1.807) is 11.3 Å². The summed E-state index contributed by atoms with van der Waals surface area (Å²) in [5.41, 5.74) is 9.20. The summed E-state index contributed by atoms with van der Waals surface area (Å²) in [5.74, 6) is 0. The zero-order valence-corrected chi connectivity index (χ0v) is 11.6. The third kappa shape index (κ3) is 1.66. The zero-order valence-electron chi connectivity index (χ0n) is 10.8. The van der Waals surface area contributed by atoms with Gasteiger partial charge in [-0.2, -0.15) is 0 Å². The summed E-state index contributed by atoms with van der Waals surface area (Å²) in [6, 6.07) is 14.9. The molecule has 4 rings (SSSR count). The Morgan fingerprint density at radius 2 is 1.95 bits per heavy atom. The Bertz CT molecular complexity index is 904. The van der Waals surface area contributed by atoms with Crippen molar-refractivity contribution in [3.63, 3.8) is 0 Å². The van der Waals surface area contributed by atoms with Crippen molar-refractivity contribution in [1.29, 1.82) is 0 Å². The van der Waals surface area contributed by atoms with Gasteiger partial charge in [-0.1, -0.05) is 36.4 Å². The minimum absolute atomic E-state index is 0.498. The average molecular weight is 279 g/mol. The smallest absolute Gasteiger partial charge is 0.194 e. The molecule has 0 aliphatic heterocycles. The molecule has 2 heterocycles. The molecule has 20 heavy (non-hydrogen) atoms. The van der Waals surface area contributed by atoms with E-state index in [1.807, 2.05) is 6.20 Å². The highest BCUT2D eigenvalue weighted by atomic mass is 32.1. The van der Waals surface area contributed by atoms with E-state index in [4.69, 9.17) is 5.73 Å². The van der Waals surface area contributed by atoms with Crippen LogP contribution < -0.4 is 5.73 Å². The van der Waals surface area contributed by atoms with Gasteiger partial charge >= 0.3 is 0 Å². The molecule has 0 atom stereocenters. The normalized spacial score (nSPS) is 11.4. The van der Waals surface area contributed by atoms with Gasteiger partial charge in [-0.15, -0.1) is 11.3 Å². The van der Waals surface area contributed by atoms with Crippen molar-refractivity contribution >= 4 is 27.1 Å². The van der Waals surface area contributed by atoms with E-state index < -0.39 is 0 Å². The van der Waals surface area contributed by atoms with Crippen LogP contribution in [0.15, 0.2) is 54.0 Å². The maximum absolute atomic E-state index is 5.80. The Morgan fingerprint density at radius 1 is 1.10 bits per heavy atom. The number of hydrogen-bond donors (Lipinski definition) is 1. The molecule has 2 aromatic heterocycles. The van der Waals surface area contributed by atoms with Crippen LogP contribution in [-0.2, 0) is 6.54 Å². The fourth-order valence-electron chi connectivity index (χ4n) is 2.56. The molecule has 0 aliphatic carbocycles. The Hall–Kier alpha value is -2.17. The second kappa shape index (κ2) is 4.44. The fourth-order valence-corrected chi connectivity index (χ4v) is 3.45. The quantitative estimate of drug-likeness (QED) is 0.608. The number of hydrogen-bond acceptors (Lipinski definition) is 3. The maximum Gasteiger partial charge on any atom is 0.194 e. The first-order valence-electron chi connectivity index (χ1n) is 6.50. The lowest BCUT2D eigenvalue weighted by Gasteiger charge is -2.05. The van der Waals surface area contributed by atoms with Gasteiger partial charge in [-0.25, -0.2) is 4.98 Å². The highest BCUT2D eigenvalue weighted by molar-refractivity contribution is 7.15. The molecule has 3 nitrogen and oxygen atoms in total. The average Bonchev–Trinajstić information content (AvgIpc) is 3.08. The van der Waals surface area contributed by atoms with E-state index in [1.165, 1.54) is 16.3 Å². The molecule has 0 fully saturated rings. The molecule has 0 saturated carbocycles. The summed E-state index contributed by atoms with van der Waals surface area (Å²) in [4.78, 5) is 5.39. The van der Waals surface area contributed by atoms with Gasteiger partial charge in [0, 0.05) is 17.5 Å². The number of thiazole rings is 1. The largest absolute Gasteiger partial charge is 0.325 e. The van der Waals surface area contributed by atoms with Crippen LogP contribution in [0.3, 0.4) is 0 Å². The molecular formula is C16H13N3S. The summed E-state index contributed by atoms with van der Waals surface area (Å²) >= 11 is 1.65. The molecule has 4 aromatic rings. The van der Waals surface area contributed by atoms with Crippen LogP contribution in [0.2, 0.25) is 0 Å². The first-order chi connectivity index (χ1) is 9.86. The van der Waals surface area contributed by atoms with Crippen molar-refractivity contribution in [2.45, 2.75) is 6.54 Å². The summed E-state index contributed by atoms with van der Waals surface area (Å²) in [5, 5.41) is 4.65. The standard InChI is InChI=1S/C16H13N3S/c17-8-14-9-18-16-19(14)15(10-20-16)13-6-5-11-3-1-2-4-12(11)7-13/h1-7,9-10H,8,17H2. The number of benzene rings is 2. The van der Waals surface area contributed by atoms with Crippen molar-refractivity contribution in [1.82, 2.24) is 9.38 Å². The molecule has 98 valence electrons. The number of aromatic nitrogens is 2. The topological polar surface area (TPSA) is 43.3 Å². The van der Waals surface area contributed by atoms with E-state index in [0.717, 1.165) is 16.3 Å². The molecule has 2 N–H and O–H groups in total. The van der Waals surface area contributed by atoms with Crippen LogP contribution in [0, 0.1) is 0 Å². The molecule has 4 heteroatoms. The molecular weight excluding hydrogens is 266 g/mol. The molecule has 0 radical (unpaired) electrons. The highest BCUT2D eigenvalue weighted by Gasteiger charge is 2.11. The van der Waals surface area contributed by atoms with Crippen molar-refractivity contribution in [3.05, 3.63) is 59.7 Å². The first-order valence-corrected chi connectivity index (χ1v) is 7.38. The predicted molar refractivity (Wildman–Crippen MR) is 83.9 cm³/mol. The molecule has 0 saturated heterocycles. The number of nitrogens with two attached hydrogens (primary N) is 1. The summed E-state index contributed by atoms with van der Waals surface area (Å²) < 4.78 is 2.15. The van der Waals surface area contributed by atoms with E-state index in [9.17, 15) is 0 Å². The predicted octanol–water partition coefficient (Wildman–Crippen LogP) is 3.67. The second-order valence-corrected chi connectivity index (χ2v) is 5.59. The molecule has 0 amide bonds. The van der Waals surface area contributed by atoms with Gasteiger partial charge in [0.2, 0.25) is 0 Å². The van der Waals surface area contributed by atoms with Crippen molar-refractivity contribution < 1.29 is 0 Å². The van der Waals surface area contributed by atoms with Gasteiger partial charge in [0.25, 0.3) is 0 Å². The molecule has 0 spiro atoms. The lowest BCUT2D eigenvalue weighted by molar-refractivity contribution is 0.971. The highest BCUT2D eigenvalue weighted by Crippen LogP contribution is 2.29. The Morgan fingerprint density at radius 3 is 2.80 bits per heavy atom. The number of fused-ring (bicyclic) bond motifs is 2. The molecule has 0 aliphatic rings. The zero-order chi connectivity index (χ0) is 13.5. The van der Waals surface area contributed by atoms with Gasteiger partial charge in [0.15, 0.2) is 4.96 Å². The lowest BCUT2D eigenvalue weighted by Crippen LogP contribution is -2.00. The van der Waals surface area contributed by atoms with Gasteiger partial charge in [-0.05, 0) is 16.8 Å². The second-order valence-electron chi connectivity index (χ2n) is 4.75. The minimum Gasteiger partial charge on any atom is -0.325 e. The Balaban J connectivity index is 1.98. The number of nitrogens with zero attached hydrogens (tertiary/aromatic N) is 2. The fraction of sp³-hybridized carbons (Fsp3) is 0.0625. The summed E-state index contributed by atoms with van der Waals surface area (Å²) in [6.07, 6.45) is 1.86. The molecule has 0 bridgehead atoms. The van der Waals surface area contributed by atoms with E-state index in [-0.39, 0.29) is 0 Å². The van der Waals surface area contributed by atoms with E-state index in [2.05, 4.69) is 57.2 Å². The minimum atomic E-state index is 0.498. The third-order valence-corrected chi connectivity index (χ3v) is 4.41. The molecule has 0 unspecified atom stereocenters. The van der Waals surface area contributed by atoms with Gasteiger partial charge in [0.1, 0.15) is 0 Å². The number of rotatable bonds is 2. The van der Waals surface area contributed by atoms with Crippen LogP contribution in [0.4, 0.5) is 0 Å². The first kappa shape index (κ1) is 11.6. The van der Waals surface area contributed by atoms with Gasteiger partial charge in [-0.3, -0.25) is 4.40 Å². The summed E-state index contributed by atoms with van der Waals surface area (Å²) in [6.45, 7) is 0.498. The van der Waals surface area contributed by atoms with Crippen molar-refractivity contribution in [3.8, 4) is 11.3 Å². The summed E-state index contributed by atoms with van der Waals surface area (Å²) in [7, 11) is 0. The number of imidazole rings is 1. The maximum atomic E-state index is 5.80. The van der Waals surface area contributed by atoms with E-state index >= 15 is 0 Å². The van der Waals surface area contributed by atoms with Crippen LogP contribution in [0.25, 0.3) is 27.0 Å². The third-order valence-electron chi connectivity index (χ3n) is 3.57. The Labute approximate surface area is 120 Å². The van der Waals surface area contributed by atoms with Crippen molar-refractivity contribution in [2.75, 3.05) is 0 Å². The van der Waals surface area contributed by atoms with Crippen LogP contribution in [-0.4, -0.2) is 9.38 Å². The van der Waals surface area contributed by atoms with E-state index in [0.29, 0.717) is 6.54 Å². The van der Waals surface area contributed by atoms with Crippen molar-refractivity contribution in [2.24, 2.45) is 5.73 Å². The van der Waals surface area contributed by atoms with Crippen LogP contribution in [0.5, 0.6) is 0 Å². The van der Waals surface area contributed by atoms with Crippen LogP contribution in [0.1, 0.15) is 5.69 Å². The monoisotopic (exact) mass is 279 g/mol.